The van der Waals surface area contributed by atoms with E-state index in [1.54, 1.807) is 42.4 Å². The molecular formula is C22H23N3O5. The summed E-state index contributed by atoms with van der Waals surface area (Å²) in [6, 6.07) is 12.4. The fourth-order valence-corrected chi connectivity index (χ4v) is 3.21. The van der Waals surface area contributed by atoms with E-state index in [9.17, 15) is 19.7 Å². The molecule has 0 aliphatic carbocycles. The van der Waals surface area contributed by atoms with Crippen molar-refractivity contribution < 1.29 is 19.2 Å². The van der Waals surface area contributed by atoms with Crippen LogP contribution in [0, 0.1) is 10.1 Å². The van der Waals surface area contributed by atoms with Crippen molar-refractivity contribution in [3.05, 3.63) is 75.5 Å². The third-order valence-electron chi connectivity index (χ3n) is 4.89. The topological polar surface area (TPSA) is 102 Å². The lowest BCUT2D eigenvalue weighted by Crippen LogP contribution is -2.41. The molecule has 1 saturated heterocycles. The fourth-order valence-electron chi connectivity index (χ4n) is 3.21. The number of benzene rings is 2. The summed E-state index contributed by atoms with van der Waals surface area (Å²) in [7, 11) is 1.57. The van der Waals surface area contributed by atoms with Gasteiger partial charge in [-0.2, -0.15) is 0 Å². The lowest BCUT2D eigenvalue weighted by atomic mass is 10.1. The molecule has 1 fully saturated rings. The van der Waals surface area contributed by atoms with Crippen LogP contribution in [-0.2, 0) is 4.79 Å². The van der Waals surface area contributed by atoms with Crippen LogP contribution in [0.3, 0.4) is 0 Å². The van der Waals surface area contributed by atoms with Crippen LogP contribution in [0.15, 0.2) is 54.2 Å². The first-order chi connectivity index (χ1) is 14.5. The normalized spacial score (nSPS) is 14.2. The number of non-ortho nitro benzene ring substituents is 1. The third-order valence-corrected chi connectivity index (χ3v) is 4.89. The molecule has 0 saturated carbocycles. The molecule has 0 radical (unpaired) electrons. The molecular weight excluding hydrogens is 386 g/mol. The van der Waals surface area contributed by atoms with Gasteiger partial charge in [-0.05, 0) is 55.2 Å². The maximum Gasteiger partial charge on any atom is 0.270 e. The number of nitrogens with one attached hydrogen (secondary N) is 1. The second-order valence-corrected chi connectivity index (χ2v) is 6.94. The maximum absolute atomic E-state index is 13.1. The Morgan fingerprint density at radius 1 is 1.03 bits per heavy atom. The third kappa shape index (κ3) is 5.22. The van der Waals surface area contributed by atoms with Crippen LogP contribution in [0.4, 0.5) is 5.69 Å². The highest BCUT2D eigenvalue weighted by atomic mass is 16.6. The number of nitro benzene ring substituents is 1. The lowest BCUT2D eigenvalue weighted by molar-refractivity contribution is -0.384. The number of amides is 2. The Labute approximate surface area is 174 Å². The van der Waals surface area contributed by atoms with Crippen molar-refractivity contribution in [1.29, 1.82) is 0 Å². The van der Waals surface area contributed by atoms with E-state index in [0.717, 1.165) is 24.8 Å². The number of nitro groups is 1. The number of rotatable bonds is 6. The molecule has 0 aromatic heterocycles. The summed E-state index contributed by atoms with van der Waals surface area (Å²) < 4.78 is 5.15. The van der Waals surface area contributed by atoms with E-state index in [1.807, 2.05) is 0 Å². The van der Waals surface area contributed by atoms with E-state index in [0.29, 0.717) is 18.8 Å². The number of carbonyl (C=O) groups excluding carboxylic acids is 2. The average Bonchev–Trinajstić information content (AvgIpc) is 2.79. The summed E-state index contributed by atoms with van der Waals surface area (Å²) in [6.45, 7) is 1.29. The molecule has 1 N–H and O–H groups in total. The highest BCUT2D eigenvalue weighted by molar-refractivity contribution is 6.05. The fraction of sp³-hybridized carbons (Fsp3) is 0.273. The minimum absolute atomic E-state index is 0.107. The Bertz CT molecular complexity index is 946. The molecule has 2 aromatic rings. The summed E-state index contributed by atoms with van der Waals surface area (Å²) in [5, 5.41) is 13.5. The molecule has 1 aliphatic rings. The zero-order valence-corrected chi connectivity index (χ0v) is 16.7. The van der Waals surface area contributed by atoms with Crippen LogP contribution in [-0.4, -0.2) is 41.8 Å². The van der Waals surface area contributed by atoms with E-state index < -0.39 is 10.8 Å². The highest BCUT2D eigenvalue weighted by Gasteiger charge is 2.22. The van der Waals surface area contributed by atoms with Crippen molar-refractivity contribution >= 4 is 23.6 Å². The minimum atomic E-state index is -0.531. The molecule has 1 heterocycles. The number of nitrogens with zero attached hydrogens (tertiary/aromatic N) is 2. The number of ether oxygens (including phenoxy) is 1. The molecule has 3 rings (SSSR count). The average molecular weight is 409 g/mol. The van der Waals surface area contributed by atoms with Gasteiger partial charge in [0.25, 0.3) is 17.5 Å². The molecule has 2 aromatic carbocycles. The van der Waals surface area contributed by atoms with Crippen LogP contribution >= 0.6 is 0 Å². The van der Waals surface area contributed by atoms with E-state index in [1.165, 1.54) is 24.3 Å². The predicted molar refractivity (Wildman–Crippen MR) is 112 cm³/mol. The molecule has 8 nitrogen and oxygen atoms in total. The number of hydrogen-bond donors (Lipinski definition) is 1. The second kappa shape index (κ2) is 9.69. The van der Waals surface area contributed by atoms with Crippen LogP contribution in [0.2, 0.25) is 0 Å². The highest BCUT2D eigenvalue weighted by Crippen LogP contribution is 2.17. The number of likely N-dealkylation sites (tertiary alicyclic amines) is 1. The van der Waals surface area contributed by atoms with E-state index in [4.69, 9.17) is 4.74 Å². The first-order valence-corrected chi connectivity index (χ1v) is 9.69. The van der Waals surface area contributed by atoms with Gasteiger partial charge in [0.2, 0.25) is 0 Å². The van der Waals surface area contributed by atoms with Crippen LogP contribution < -0.4 is 10.1 Å². The van der Waals surface area contributed by atoms with Gasteiger partial charge in [-0.1, -0.05) is 12.1 Å². The Kier molecular flexibility index (Phi) is 6.79. The van der Waals surface area contributed by atoms with Gasteiger partial charge in [0, 0.05) is 30.8 Å². The van der Waals surface area contributed by atoms with Gasteiger partial charge in [-0.25, -0.2) is 0 Å². The lowest BCUT2D eigenvalue weighted by Gasteiger charge is -2.27. The quantitative estimate of drug-likeness (QED) is 0.448. The number of carbonyl (C=O) groups is 2. The van der Waals surface area contributed by atoms with Crippen molar-refractivity contribution in [3.63, 3.8) is 0 Å². The van der Waals surface area contributed by atoms with Crippen molar-refractivity contribution in [3.8, 4) is 5.75 Å². The molecule has 0 atom stereocenters. The molecule has 0 bridgehead atoms. The maximum atomic E-state index is 13.1. The van der Waals surface area contributed by atoms with E-state index in [-0.39, 0.29) is 22.9 Å². The summed E-state index contributed by atoms with van der Waals surface area (Å²) >= 11 is 0. The van der Waals surface area contributed by atoms with Gasteiger partial charge in [0.1, 0.15) is 11.4 Å². The predicted octanol–water partition coefficient (Wildman–Crippen LogP) is 3.39. The van der Waals surface area contributed by atoms with Crippen molar-refractivity contribution in [2.24, 2.45) is 0 Å². The molecule has 0 unspecified atom stereocenters. The Morgan fingerprint density at radius 2 is 1.67 bits per heavy atom. The standard InChI is InChI=1S/C22H23N3O5/c1-30-19-11-5-16(6-12-19)15-20(22(27)24-13-3-2-4-14-24)23-21(26)17-7-9-18(10-8-17)25(28)29/h5-12,15H,2-4,13-14H2,1H3,(H,23,26)/b20-15-. The summed E-state index contributed by atoms with van der Waals surface area (Å²) in [6.07, 6.45) is 4.56. The first kappa shape index (κ1) is 21.0. The molecule has 30 heavy (non-hydrogen) atoms. The van der Waals surface area contributed by atoms with Crippen LogP contribution in [0.25, 0.3) is 6.08 Å². The van der Waals surface area contributed by atoms with Gasteiger partial charge in [-0.3, -0.25) is 19.7 Å². The van der Waals surface area contributed by atoms with Gasteiger partial charge >= 0.3 is 0 Å². The molecule has 0 spiro atoms. The number of piperidine rings is 1. The van der Waals surface area contributed by atoms with Crippen molar-refractivity contribution in [2.75, 3.05) is 20.2 Å². The second-order valence-electron chi connectivity index (χ2n) is 6.94. The smallest absolute Gasteiger partial charge is 0.270 e. The van der Waals surface area contributed by atoms with Gasteiger partial charge in [0.05, 0.1) is 12.0 Å². The summed E-state index contributed by atoms with van der Waals surface area (Å²) in [5.74, 6) is -0.0678. The summed E-state index contributed by atoms with van der Waals surface area (Å²) in [4.78, 5) is 37.8. The zero-order valence-electron chi connectivity index (χ0n) is 16.7. The van der Waals surface area contributed by atoms with Gasteiger partial charge in [-0.15, -0.1) is 0 Å². The number of hydrogen-bond acceptors (Lipinski definition) is 5. The monoisotopic (exact) mass is 409 g/mol. The SMILES string of the molecule is COc1ccc(/C=C(\NC(=O)c2ccc([N+](=O)[O-])cc2)C(=O)N2CCCCC2)cc1. The van der Waals surface area contributed by atoms with Gasteiger partial charge in [0.15, 0.2) is 0 Å². The first-order valence-electron chi connectivity index (χ1n) is 9.69. The Hall–Kier alpha value is -3.68. The Morgan fingerprint density at radius 3 is 2.23 bits per heavy atom. The largest absolute Gasteiger partial charge is 0.497 e. The van der Waals surface area contributed by atoms with Crippen LogP contribution in [0.5, 0.6) is 5.75 Å². The Balaban J connectivity index is 1.85. The van der Waals surface area contributed by atoms with E-state index in [2.05, 4.69) is 5.32 Å². The minimum Gasteiger partial charge on any atom is -0.497 e. The molecule has 2 amide bonds. The number of methoxy groups -OCH3 is 1. The van der Waals surface area contributed by atoms with E-state index >= 15 is 0 Å². The molecule has 1 aliphatic heterocycles. The zero-order chi connectivity index (χ0) is 21.5. The molecule has 8 heteroatoms. The molecule has 156 valence electrons. The summed E-state index contributed by atoms with van der Waals surface area (Å²) in [5.41, 5.74) is 1.02. The van der Waals surface area contributed by atoms with Crippen molar-refractivity contribution in [2.45, 2.75) is 19.3 Å². The van der Waals surface area contributed by atoms with Crippen molar-refractivity contribution in [1.82, 2.24) is 10.2 Å². The van der Waals surface area contributed by atoms with Crippen LogP contribution in [0.1, 0.15) is 35.2 Å². The van der Waals surface area contributed by atoms with Gasteiger partial charge < -0.3 is 15.0 Å².